The minimum Gasteiger partial charge on any atom is -0.326 e. The highest BCUT2D eigenvalue weighted by atomic mass is 16.2. The molecule has 0 unspecified atom stereocenters. The Bertz CT molecular complexity index is 751. The van der Waals surface area contributed by atoms with Crippen LogP contribution >= 0.6 is 0 Å². The second kappa shape index (κ2) is 5.28. The number of para-hydroxylation sites is 1. The maximum Gasteiger partial charge on any atom is 0.233 e. The maximum atomic E-state index is 12.8. The van der Waals surface area contributed by atoms with Gasteiger partial charge in [-0.2, -0.15) is 0 Å². The van der Waals surface area contributed by atoms with Crippen LogP contribution in [-0.2, 0) is 14.4 Å². The van der Waals surface area contributed by atoms with Crippen molar-refractivity contribution in [2.45, 2.75) is 12.8 Å². The molecule has 1 saturated heterocycles. The molecule has 1 heterocycles. The third-order valence-corrected chi connectivity index (χ3v) is 6.37. The SMILES string of the molecule is O=C(CCN1C(=O)[C@@H]2[C@H]3C=C[C@@H]([C@@H]4C[C@@H]34)[C@H]2C1=O)Nc1ccccc1. The van der Waals surface area contributed by atoms with Gasteiger partial charge in [-0.25, -0.2) is 0 Å². The van der Waals surface area contributed by atoms with Gasteiger partial charge < -0.3 is 5.32 Å². The second-order valence-corrected chi connectivity index (χ2v) is 7.65. The summed E-state index contributed by atoms with van der Waals surface area (Å²) in [5.74, 6) is 1.03. The van der Waals surface area contributed by atoms with Crippen LogP contribution in [0.4, 0.5) is 5.69 Å². The molecule has 6 atom stereocenters. The van der Waals surface area contributed by atoms with Crippen LogP contribution in [0.2, 0.25) is 0 Å². The molecular formula is C20H20N2O3. The molecule has 2 saturated carbocycles. The molecule has 25 heavy (non-hydrogen) atoms. The predicted molar refractivity (Wildman–Crippen MR) is 91.1 cm³/mol. The molecule has 3 amide bonds. The van der Waals surface area contributed by atoms with Gasteiger partial charge in [-0.15, -0.1) is 0 Å². The van der Waals surface area contributed by atoms with Crippen molar-refractivity contribution in [3.8, 4) is 0 Å². The minimum atomic E-state index is -0.177. The van der Waals surface area contributed by atoms with Gasteiger partial charge >= 0.3 is 0 Å². The summed E-state index contributed by atoms with van der Waals surface area (Å²) in [5.41, 5.74) is 0.725. The van der Waals surface area contributed by atoms with Gasteiger partial charge in [0.25, 0.3) is 0 Å². The maximum absolute atomic E-state index is 12.8. The molecule has 1 aromatic rings. The van der Waals surface area contributed by atoms with Crippen molar-refractivity contribution >= 4 is 23.4 Å². The first-order chi connectivity index (χ1) is 12.1. The van der Waals surface area contributed by atoms with Crippen molar-refractivity contribution in [1.29, 1.82) is 0 Å². The normalized spacial score (nSPS) is 37.0. The summed E-state index contributed by atoms with van der Waals surface area (Å²) in [7, 11) is 0. The summed E-state index contributed by atoms with van der Waals surface area (Å²) in [6.07, 6.45) is 5.63. The number of benzene rings is 1. The fourth-order valence-corrected chi connectivity index (χ4v) is 5.20. The number of imide groups is 1. The predicted octanol–water partition coefficient (Wildman–Crippen LogP) is 2.07. The van der Waals surface area contributed by atoms with Crippen LogP contribution in [0.15, 0.2) is 42.5 Å². The Kier molecular flexibility index (Phi) is 3.14. The molecule has 5 heteroatoms. The van der Waals surface area contributed by atoms with Crippen LogP contribution < -0.4 is 5.32 Å². The number of likely N-dealkylation sites (tertiary alicyclic amines) is 1. The lowest BCUT2D eigenvalue weighted by molar-refractivity contribution is -0.140. The van der Waals surface area contributed by atoms with Crippen molar-refractivity contribution in [1.82, 2.24) is 4.90 Å². The molecular weight excluding hydrogens is 316 g/mol. The highest BCUT2D eigenvalue weighted by molar-refractivity contribution is 6.06. The molecule has 4 aliphatic carbocycles. The van der Waals surface area contributed by atoms with Crippen molar-refractivity contribution in [3.63, 3.8) is 0 Å². The molecule has 6 rings (SSSR count). The fraction of sp³-hybridized carbons (Fsp3) is 0.450. The second-order valence-electron chi connectivity index (χ2n) is 7.65. The van der Waals surface area contributed by atoms with Crippen LogP contribution in [-0.4, -0.2) is 29.2 Å². The first kappa shape index (κ1) is 14.9. The molecule has 5 nitrogen and oxygen atoms in total. The molecule has 3 fully saturated rings. The zero-order chi connectivity index (χ0) is 17.1. The molecule has 0 spiro atoms. The quantitative estimate of drug-likeness (QED) is 0.676. The summed E-state index contributed by atoms with van der Waals surface area (Å²) >= 11 is 0. The van der Waals surface area contributed by atoms with E-state index in [1.165, 1.54) is 4.90 Å². The van der Waals surface area contributed by atoms with Crippen LogP contribution in [0.5, 0.6) is 0 Å². The lowest BCUT2D eigenvalue weighted by atomic mass is 9.63. The molecule has 2 bridgehead atoms. The van der Waals surface area contributed by atoms with Crippen LogP contribution in [0.25, 0.3) is 0 Å². The van der Waals surface area contributed by atoms with E-state index in [1.807, 2.05) is 30.3 Å². The van der Waals surface area contributed by atoms with Gasteiger partial charge in [0.15, 0.2) is 0 Å². The lowest BCUT2D eigenvalue weighted by Gasteiger charge is -2.37. The van der Waals surface area contributed by atoms with Crippen molar-refractivity contribution in [2.24, 2.45) is 35.5 Å². The Morgan fingerprint density at radius 1 is 1.00 bits per heavy atom. The smallest absolute Gasteiger partial charge is 0.233 e. The van der Waals surface area contributed by atoms with Gasteiger partial charge in [0.1, 0.15) is 0 Å². The Balaban J connectivity index is 1.26. The summed E-state index contributed by atoms with van der Waals surface area (Å²) < 4.78 is 0. The number of anilines is 1. The van der Waals surface area contributed by atoms with Crippen molar-refractivity contribution in [3.05, 3.63) is 42.5 Å². The molecule has 1 aromatic carbocycles. The molecule has 1 aliphatic heterocycles. The number of rotatable bonds is 4. The van der Waals surface area contributed by atoms with Crippen molar-refractivity contribution < 1.29 is 14.4 Å². The van der Waals surface area contributed by atoms with E-state index in [0.29, 0.717) is 11.8 Å². The topological polar surface area (TPSA) is 66.5 Å². The number of nitrogens with zero attached hydrogens (tertiary/aromatic N) is 1. The zero-order valence-corrected chi connectivity index (χ0v) is 13.8. The fourth-order valence-electron chi connectivity index (χ4n) is 5.20. The number of allylic oxidation sites excluding steroid dienone is 2. The van der Waals surface area contributed by atoms with Gasteiger partial charge in [0.2, 0.25) is 17.7 Å². The number of amides is 3. The van der Waals surface area contributed by atoms with Gasteiger partial charge in [0.05, 0.1) is 11.8 Å². The Hall–Kier alpha value is -2.43. The number of carbonyl (C=O) groups excluding carboxylic acids is 3. The van der Waals surface area contributed by atoms with E-state index < -0.39 is 0 Å². The Labute approximate surface area is 146 Å². The number of carbonyl (C=O) groups is 3. The Morgan fingerprint density at radius 2 is 1.60 bits per heavy atom. The third-order valence-electron chi connectivity index (χ3n) is 6.37. The number of hydrogen-bond donors (Lipinski definition) is 1. The average Bonchev–Trinajstić information content (AvgIpc) is 3.40. The lowest BCUT2D eigenvalue weighted by Crippen LogP contribution is -2.40. The average molecular weight is 336 g/mol. The highest BCUT2D eigenvalue weighted by Crippen LogP contribution is 2.65. The van der Waals surface area contributed by atoms with E-state index in [1.54, 1.807) is 0 Å². The van der Waals surface area contributed by atoms with Gasteiger partial charge in [-0.3, -0.25) is 19.3 Å². The van der Waals surface area contributed by atoms with Crippen LogP contribution in [0.3, 0.4) is 0 Å². The number of hydrogen-bond acceptors (Lipinski definition) is 3. The minimum absolute atomic E-state index is 0.0628. The van der Waals surface area contributed by atoms with Crippen molar-refractivity contribution in [2.75, 3.05) is 11.9 Å². The monoisotopic (exact) mass is 336 g/mol. The molecule has 5 aliphatic rings. The van der Waals surface area contributed by atoms with Crippen LogP contribution in [0, 0.1) is 35.5 Å². The van der Waals surface area contributed by atoms with E-state index in [9.17, 15) is 14.4 Å². The first-order valence-corrected chi connectivity index (χ1v) is 9.03. The zero-order valence-electron chi connectivity index (χ0n) is 13.8. The third kappa shape index (κ3) is 2.18. The summed E-state index contributed by atoms with van der Waals surface area (Å²) in [6.45, 7) is 0.179. The standard InChI is InChI=1S/C20H20N2O3/c23-16(21-11-4-2-1-3-5-11)8-9-22-19(24)17-12-6-7-13(15-10-14(12)15)18(17)20(22)25/h1-7,12-15,17-18H,8-10H2,(H,21,23)/t12-,13-,14-,15-,17+,18+/m0/s1. The molecule has 1 N–H and O–H groups in total. The molecule has 0 aromatic heterocycles. The van der Waals surface area contributed by atoms with E-state index in [2.05, 4.69) is 17.5 Å². The number of nitrogens with one attached hydrogen (secondary N) is 1. The molecule has 128 valence electrons. The highest BCUT2D eigenvalue weighted by Gasteiger charge is 2.66. The van der Waals surface area contributed by atoms with E-state index >= 15 is 0 Å². The van der Waals surface area contributed by atoms with E-state index in [-0.39, 0.29) is 54.4 Å². The first-order valence-electron chi connectivity index (χ1n) is 9.03. The largest absolute Gasteiger partial charge is 0.326 e. The summed E-state index contributed by atoms with van der Waals surface area (Å²) in [4.78, 5) is 39.1. The Morgan fingerprint density at radius 3 is 2.20 bits per heavy atom. The molecule has 0 radical (unpaired) electrons. The van der Waals surface area contributed by atoms with E-state index in [0.717, 1.165) is 12.1 Å². The van der Waals surface area contributed by atoms with E-state index in [4.69, 9.17) is 0 Å². The van der Waals surface area contributed by atoms with Gasteiger partial charge in [0, 0.05) is 18.7 Å². The summed E-state index contributed by atoms with van der Waals surface area (Å²) in [6, 6.07) is 9.21. The van der Waals surface area contributed by atoms with Crippen LogP contribution in [0.1, 0.15) is 12.8 Å². The van der Waals surface area contributed by atoms with Gasteiger partial charge in [-0.1, -0.05) is 30.4 Å². The summed E-state index contributed by atoms with van der Waals surface area (Å²) in [5, 5.41) is 2.80. The van der Waals surface area contributed by atoms with Gasteiger partial charge in [-0.05, 0) is 42.2 Å².